The van der Waals surface area contributed by atoms with Gasteiger partial charge < -0.3 is 14.0 Å². The topological polar surface area (TPSA) is 47.3 Å². The van der Waals surface area contributed by atoms with E-state index in [0.29, 0.717) is 12.8 Å². The number of unbranched alkanes of at least 4 members (excludes halogenated alkanes) is 2. The van der Waals surface area contributed by atoms with Crippen molar-refractivity contribution in [3.8, 4) is 0 Å². The van der Waals surface area contributed by atoms with E-state index in [2.05, 4.69) is 0 Å². The normalized spacial score (nSPS) is 10.1. The summed E-state index contributed by atoms with van der Waals surface area (Å²) in [4.78, 5) is 20.2. The van der Waals surface area contributed by atoms with Crippen molar-refractivity contribution in [2.75, 3.05) is 0 Å². The number of aldehydes is 2. The van der Waals surface area contributed by atoms with Crippen molar-refractivity contribution in [3.63, 3.8) is 0 Å². The Bertz CT molecular complexity index is 273. The Morgan fingerprint density at radius 2 is 1.40 bits per heavy atom. The van der Waals surface area contributed by atoms with E-state index in [4.69, 9.17) is 4.42 Å². The molecule has 1 rings (SSSR count). The molecule has 0 spiro atoms. The van der Waals surface area contributed by atoms with Crippen molar-refractivity contribution >= 4 is 12.6 Å². The van der Waals surface area contributed by atoms with Crippen LogP contribution in [0.2, 0.25) is 0 Å². The summed E-state index contributed by atoms with van der Waals surface area (Å²) in [5, 5.41) is 0. The molecule has 0 amide bonds. The van der Waals surface area contributed by atoms with Gasteiger partial charge in [0.1, 0.15) is 24.1 Å². The van der Waals surface area contributed by atoms with Crippen LogP contribution >= 0.6 is 0 Å². The molecular formula is C12H16O3. The first-order valence-electron chi connectivity index (χ1n) is 5.31. The molecule has 0 fully saturated rings. The van der Waals surface area contributed by atoms with Gasteiger partial charge in [-0.1, -0.05) is 0 Å². The van der Waals surface area contributed by atoms with Crippen LogP contribution in [0.1, 0.15) is 37.2 Å². The Kier molecular flexibility index (Phi) is 5.44. The summed E-state index contributed by atoms with van der Waals surface area (Å²) in [6.45, 7) is 0. The van der Waals surface area contributed by atoms with Crippen molar-refractivity contribution in [1.29, 1.82) is 0 Å². The maximum absolute atomic E-state index is 10.1. The summed E-state index contributed by atoms with van der Waals surface area (Å²) in [6.07, 6.45) is 6.32. The van der Waals surface area contributed by atoms with Crippen LogP contribution in [0.4, 0.5) is 0 Å². The van der Waals surface area contributed by atoms with Gasteiger partial charge in [0.05, 0.1) is 0 Å². The number of hydrogen-bond donors (Lipinski definition) is 0. The predicted molar refractivity (Wildman–Crippen MR) is 56.7 cm³/mol. The van der Waals surface area contributed by atoms with Crippen LogP contribution in [0.5, 0.6) is 0 Å². The van der Waals surface area contributed by atoms with E-state index in [1.165, 1.54) is 0 Å². The molecule has 0 N–H and O–H groups in total. The number of carbonyl (C=O) groups excluding carboxylic acids is 2. The van der Waals surface area contributed by atoms with E-state index in [1.54, 1.807) is 0 Å². The van der Waals surface area contributed by atoms with Crippen LogP contribution in [-0.4, -0.2) is 12.6 Å². The van der Waals surface area contributed by atoms with E-state index >= 15 is 0 Å². The van der Waals surface area contributed by atoms with Crippen molar-refractivity contribution in [2.24, 2.45) is 0 Å². The average molecular weight is 208 g/mol. The zero-order chi connectivity index (χ0) is 10.9. The second-order valence-corrected chi connectivity index (χ2v) is 3.49. The molecule has 1 heterocycles. The van der Waals surface area contributed by atoms with Crippen molar-refractivity contribution in [2.45, 2.75) is 38.5 Å². The molecule has 0 radical (unpaired) electrons. The Balaban J connectivity index is 2.28. The highest BCUT2D eigenvalue weighted by Gasteiger charge is 2.01. The second kappa shape index (κ2) is 6.98. The molecule has 0 aliphatic heterocycles. The lowest BCUT2D eigenvalue weighted by molar-refractivity contribution is -0.108. The third kappa shape index (κ3) is 4.58. The van der Waals surface area contributed by atoms with Crippen molar-refractivity contribution in [3.05, 3.63) is 23.7 Å². The van der Waals surface area contributed by atoms with Gasteiger partial charge in [-0.2, -0.15) is 0 Å². The molecule has 3 nitrogen and oxygen atoms in total. The van der Waals surface area contributed by atoms with Gasteiger partial charge in [-0.05, 0) is 25.0 Å². The molecular weight excluding hydrogens is 192 g/mol. The summed E-state index contributed by atoms with van der Waals surface area (Å²) in [6, 6.07) is 3.89. The van der Waals surface area contributed by atoms with Gasteiger partial charge in [0.2, 0.25) is 0 Å². The van der Waals surface area contributed by atoms with Gasteiger partial charge >= 0.3 is 0 Å². The molecule has 0 unspecified atom stereocenters. The zero-order valence-corrected chi connectivity index (χ0v) is 8.78. The Labute approximate surface area is 89.5 Å². The molecule has 1 aromatic heterocycles. The minimum absolute atomic E-state index is 0.584. The first kappa shape index (κ1) is 11.7. The molecule has 0 aliphatic rings. The van der Waals surface area contributed by atoms with Crippen LogP contribution < -0.4 is 0 Å². The number of rotatable bonds is 8. The fourth-order valence-electron chi connectivity index (χ4n) is 1.41. The average Bonchev–Trinajstić information content (AvgIpc) is 2.67. The maximum atomic E-state index is 10.1. The Hall–Kier alpha value is -1.38. The van der Waals surface area contributed by atoms with E-state index in [-0.39, 0.29) is 0 Å². The lowest BCUT2D eigenvalue weighted by Gasteiger charge is -1.94. The molecule has 0 saturated heterocycles. The van der Waals surface area contributed by atoms with Crippen molar-refractivity contribution < 1.29 is 14.0 Å². The molecule has 15 heavy (non-hydrogen) atoms. The van der Waals surface area contributed by atoms with E-state index < -0.39 is 0 Å². The fraction of sp³-hybridized carbons (Fsp3) is 0.500. The number of hydrogen-bond acceptors (Lipinski definition) is 3. The van der Waals surface area contributed by atoms with Gasteiger partial charge in [0.15, 0.2) is 0 Å². The number of aryl methyl sites for hydroxylation is 2. The first-order chi connectivity index (χ1) is 7.36. The molecule has 0 aromatic carbocycles. The quantitative estimate of drug-likeness (QED) is 0.486. The van der Waals surface area contributed by atoms with Crippen LogP contribution in [0.3, 0.4) is 0 Å². The predicted octanol–water partition coefficient (Wildman–Crippen LogP) is 2.32. The van der Waals surface area contributed by atoms with Gasteiger partial charge in [0.25, 0.3) is 0 Å². The molecule has 3 heteroatoms. The highest BCUT2D eigenvalue weighted by atomic mass is 16.3. The minimum Gasteiger partial charge on any atom is -0.466 e. The monoisotopic (exact) mass is 208 g/mol. The van der Waals surface area contributed by atoms with Gasteiger partial charge in [-0.25, -0.2) is 0 Å². The highest BCUT2D eigenvalue weighted by molar-refractivity contribution is 5.49. The lowest BCUT2D eigenvalue weighted by Crippen LogP contribution is -1.84. The second-order valence-electron chi connectivity index (χ2n) is 3.49. The Morgan fingerprint density at radius 1 is 0.933 bits per heavy atom. The van der Waals surface area contributed by atoms with Gasteiger partial charge in [0, 0.05) is 25.7 Å². The van der Waals surface area contributed by atoms with Crippen LogP contribution in [0.15, 0.2) is 16.5 Å². The molecule has 0 bridgehead atoms. The summed E-state index contributed by atoms with van der Waals surface area (Å²) in [7, 11) is 0. The largest absolute Gasteiger partial charge is 0.466 e. The minimum atomic E-state index is 0.584. The molecule has 1 aromatic rings. The van der Waals surface area contributed by atoms with Crippen LogP contribution in [-0.2, 0) is 22.4 Å². The summed E-state index contributed by atoms with van der Waals surface area (Å²) >= 11 is 0. The SMILES string of the molecule is O=CCCCc1ccc(CCCC=O)o1. The Morgan fingerprint density at radius 3 is 1.80 bits per heavy atom. The van der Waals surface area contributed by atoms with E-state index in [1.807, 2.05) is 12.1 Å². The van der Waals surface area contributed by atoms with Gasteiger partial charge in [-0.3, -0.25) is 0 Å². The van der Waals surface area contributed by atoms with Crippen LogP contribution in [0.25, 0.3) is 0 Å². The van der Waals surface area contributed by atoms with Crippen molar-refractivity contribution in [1.82, 2.24) is 0 Å². The van der Waals surface area contributed by atoms with E-state index in [9.17, 15) is 9.59 Å². The molecule has 0 atom stereocenters. The smallest absolute Gasteiger partial charge is 0.120 e. The zero-order valence-electron chi connectivity index (χ0n) is 8.78. The van der Waals surface area contributed by atoms with Crippen LogP contribution in [0, 0.1) is 0 Å². The first-order valence-corrected chi connectivity index (χ1v) is 5.31. The summed E-state index contributed by atoms with van der Waals surface area (Å²) in [5.74, 6) is 1.86. The summed E-state index contributed by atoms with van der Waals surface area (Å²) < 4.78 is 5.54. The number of carbonyl (C=O) groups is 2. The number of furan rings is 1. The summed E-state index contributed by atoms with van der Waals surface area (Å²) in [5.41, 5.74) is 0. The lowest BCUT2D eigenvalue weighted by atomic mass is 10.2. The standard InChI is InChI=1S/C12H16O3/c13-9-3-1-5-11-7-8-12(15-11)6-2-4-10-14/h7-10H,1-6H2. The third-order valence-electron chi connectivity index (χ3n) is 2.21. The van der Waals surface area contributed by atoms with Gasteiger partial charge in [-0.15, -0.1) is 0 Å². The van der Waals surface area contributed by atoms with E-state index in [0.717, 1.165) is 49.8 Å². The molecule has 0 aliphatic carbocycles. The molecule has 0 saturated carbocycles. The fourth-order valence-corrected chi connectivity index (χ4v) is 1.41. The molecule has 82 valence electrons. The highest BCUT2D eigenvalue weighted by Crippen LogP contribution is 2.12. The maximum Gasteiger partial charge on any atom is 0.120 e. The third-order valence-corrected chi connectivity index (χ3v) is 2.21.